The molecule has 0 spiro atoms. The van der Waals surface area contributed by atoms with Gasteiger partial charge in [-0.3, -0.25) is 0 Å². The number of ether oxygens (including phenoxy) is 1. The van der Waals surface area contributed by atoms with E-state index in [1.54, 1.807) is 0 Å². The number of nitrogens with one attached hydrogen (secondary N) is 2. The molecule has 1 aliphatic heterocycles. The molecule has 0 aromatic carbocycles. The molecule has 1 saturated heterocycles. The first-order valence-electron chi connectivity index (χ1n) is 7.15. The highest BCUT2D eigenvalue weighted by Crippen LogP contribution is 2.14. The zero-order chi connectivity index (χ0) is 12.6. The SMILES string of the molecule is CC(C)(C)NCCCNCCC1CCCCO1. The molecule has 0 bridgehead atoms. The van der Waals surface area contributed by atoms with E-state index in [-0.39, 0.29) is 5.54 Å². The molecule has 17 heavy (non-hydrogen) atoms. The Labute approximate surface area is 107 Å². The summed E-state index contributed by atoms with van der Waals surface area (Å²) in [5, 5.41) is 7.00. The van der Waals surface area contributed by atoms with Gasteiger partial charge in [0.15, 0.2) is 0 Å². The summed E-state index contributed by atoms with van der Waals surface area (Å²) < 4.78 is 5.70. The smallest absolute Gasteiger partial charge is 0.0587 e. The highest BCUT2D eigenvalue weighted by molar-refractivity contribution is 4.70. The minimum absolute atomic E-state index is 0.246. The van der Waals surface area contributed by atoms with Gasteiger partial charge in [0, 0.05) is 12.1 Å². The van der Waals surface area contributed by atoms with E-state index in [1.807, 2.05) is 0 Å². The van der Waals surface area contributed by atoms with E-state index in [1.165, 1.54) is 32.1 Å². The van der Waals surface area contributed by atoms with Gasteiger partial charge < -0.3 is 15.4 Å². The molecular weight excluding hydrogens is 212 g/mol. The quantitative estimate of drug-likeness (QED) is 0.672. The minimum atomic E-state index is 0.246. The molecule has 0 aliphatic carbocycles. The van der Waals surface area contributed by atoms with Crippen LogP contribution in [0.4, 0.5) is 0 Å². The van der Waals surface area contributed by atoms with Crippen LogP contribution >= 0.6 is 0 Å². The zero-order valence-corrected chi connectivity index (χ0v) is 11.8. The van der Waals surface area contributed by atoms with Gasteiger partial charge in [0.2, 0.25) is 0 Å². The highest BCUT2D eigenvalue weighted by atomic mass is 16.5. The number of rotatable bonds is 7. The van der Waals surface area contributed by atoms with Crippen molar-refractivity contribution < 1.29 is 4.74 Å². The molecule has 0 radical (unpaired) electrons. The van der Waals surface area contributed by atoms with Gasteiger partial charge >= 0.3 is 0 Å². The summed E-state index contributed by atoms with van der Waals surface area (Å²) >= 11 is 0. The lowest BCUT2D eigenvalue weighted by Crippen LogP contribution is -2.37. The van der Waals surface area contributed by atoms with Crippen molar-refractivity contribution in [3.05, 3.63) is 0 Å². The first kappa shape index (κ1) is 14.9. The molecule has 3 nitrogen and oxygen atoms in total. The number of hydrogen-bond acceptors (Lipinski definition) is 3. The van der Waals surface area contributed by atoms with Crippen LogP contribution in [0.5, 0.6) is 0 Å². The van der Waals surface area contributed by atoms with E-state index in [0.717, 1.165) is 26.2 Å². The van der Waals surface area contributed by atoms with Crippen molar-refractivity contribution in [2.75, 3.05) is 26.2 Å². The summed E-state index contributed by atoms with van der Waals surface area (Å²) in [4.78, 5) is 0. The van der Waals surface area contributed by atoms with Gasteiger partial charge in [-0.1, -0.05) is 0 Å². The maximum atomic E-state index is 5.70. The van der Waals surface area contributed by atoms with Gasteiger partial charge in [-0.25, -0.2) is 0 Å². The summed E-state index contributed by atoms with van der Waals surface area (Å²) in [5.41, 5.74) is 0.246. The first-order chi connectivity index (χ1) is 8.08. The molecule has 1 rings (SSSR count). The summed E-state index contributed by atoms with van der Waals surface area (Å²) in [7, 11) is 0. The molecule has 0 amide bonds. The fourth-order valence-corrected chi connectivity index (χ4v) is 2.10. The lowest BCUT2D eigenvalue weighted by atomic mass is 10.1. The molecular formula is C14H30N2O. The fraction of sp³-hybridized carbons (Fsp3) is 1.00. The lowest BCUT2D eigenvalue weighted by Gasteiger charge is -2.23. The summed E-state index contributed by atoms with van der Waals surface area (Å²) in [5.74, 6) is 0. The van der Waals surface area contributed by atoms with Gasteiger partial charge in [0.05, 0.1) is 6.10 Å². The van der Waals surface area contributed by atoms with Crippen molar-refractivity contribution in [1.82, 2.24) is 10.6 Å². The minimum Gasteiger partial charge on any atom is -0.378 e. The lowest BCUT2D eigenvalue weighted by molar-refractivity contribution is 0.0116. The molecule has 1 aliphatic rings. The third-order valence-electron chi connectivity index (χ3n) is 3.10. The Morgan fingerprint density at radius 2 is 1.94 bits per heavy atom. The Hall–Kier alpha value is -0.120. The van der Waals surface area contributed by atoms with Crippen LogP contribution in [0, 0.1) is 0 Å². The van der Waals surface area contributed by atoms with Gasteiger partial charge in [-0.05, 0) is 72.5 Å². The van der Waals surface area contributed by atoms with Crippen molar-refractivity contribution in [3.63, 3.8) is 0 Å². The molecule has 3 heteroatoms. The van der Waals surface area contributed by atoms with Crippen LogP contribution in [0.3, 0.4) is 0 Å². The van der Waals surface area contributed by atoms with E-state index in [2.05, 4.69) is 31.4 Å². The van der Waals surface area contributed by atoms with Crippen LogP contribution in [-0.4, -0.2) is 37.9 Å². The van der Waals surface area contributed by atoms with Crippen LogP contribution in [-0.2, 0) is 4.74 Å². The molecule has 0 aromatic rings. The molecule has 0 saturated carbocycles. The maximum absolute atomic E-state index is 5.70. The Bertz CT molecular complexity index is 183. The topological polar surface area (TPSA) is 33.3 Å². The third-order valence-corrected chi connectivity index (χ3v) is 3.10. The second-order valence-corrected chi connectivity index (χ2v) is 6.06. The van der Waals surface area contributed by atoms with E-state index >= 15 is 0 Å². The van der Waals surface area contributed by atoms with Crippen LogP contribution in [0.2, 0.25) is 0 Å². The van der Waals surface area contributed by atoms with E-state index in [9.17, 15) is 0 Å². The van der Waals surface area contributed by atoms with Crippen molar-refractivity contribution in [2.24, 2.45) is 0 Å². The van der Waals surface area contributed by atoms with Crippen LogP contribution in [0.15, 0.2) is 0 Å². The molecule has 102 valence electrons. The van der Waals surface area contributed by atoms with Gasteiger partial charge in [0.1, 0.15) is 0 Å². The van der Waals surface area contributed by atoms with Gasteiger partial charge in [0.25, 0.3) is 0 Å². The summed E-state index contributed by atoms with van der Waals surface area (Å²) in [6, 6.07) is 0. The zero-order valence-electron chi connectivity index (χ0n) is 11.8. The average molecular weight is 242 g/mol. The van der Waals surface area contributed by atoms with Crippen molar-refractivity contribution in [1.29, 1.82) is 0 Å². The normalized spacial score (nSPS) is 21.7. The van der Waals surface area contributed by atoms with Crippen molar-refractivity contribution >= 4 is 0 Å². The van der Waals surface area contributed by atoms with Crippen molar-refractivity contribution in [2.45, 2.75) is 64.5 Å². The second-order valence-electron chi connectivity index (χ2n) is 6.06. The van der Waals surface area contributed by atoms with Crippen molar-refractivity contribution in [3.8, 4) is 0 Å². The van der Waals surface area contributed by atoms with Gasteiger partial charge in [-0.2, -0.15) is 0 Å². The second kappa shape index (κ2) is 8.06. The number of hydrogen-bond donors (Lipinski definition) is 2. The summed E-state index contributed by atoms with van der Waals surface area (Å²) in [6.07, 6.45) is 6.75. The fourth-order valence-electron chi connectivity index (χ4n) is 2.10. The molecule has 2 N–H and O–H groups in total. The predicted octanol–water partition coefficient (Wildman–Crippen LogP) is 2.31. The average Bonchev–Trinajstić information content (AvgIpc) is 2.28. The van der Waals surface area contributed by atoms with Crippen LogP contribution in [0.25, 0.3) is 0 Å². The third kappa shape index (κ3) is 8.58. The Morgan fingerprint density at radius 3 is 2.59 bits per heavy atom. The Morgan fingerprint density at radius 1 is 1.12 bits per heavy atom. The van der Waals surface area contributed by atoms with Crippen LogP contribution in [0.1, 0.15) is 52.9 Å². The van der Waals surface area contributed by atoms with Gasteiger partial charge in [-0.15, -0.1) is 0 Å². The monoisotopic (exact) mass is 242 g/mol. The molecule has 1 atom stereocenters. The highest BCUT2D eigenvalue weighted by Gasteiger charge is 2.12. The summed E-state index contributed by atoms with van der Waals surface area (Å²) in [6.45, 7) is 10.9. The largest absolute Gasteiger partial charge is 0.378 e. The van der Waals surface area contributed by atoms with E-state index in [0.29, 0.717) is 6.10 Å². The van der Waals surface area contributed by atoms with Crippen LogP contribution < -0.4 is 10.6 Å². The standard InChI is InChI=1S/C14H30N2O/c1-14(2,3)16-10-6-9-15-11-8-13-7-4-5-12-17-13/h13,15-16H,4-12H2,1-3H3. The molecule has 1 fully saturated rings. The van der Waals surface area contributed by atoms with E-state index in [4.69, 9.17) is 4.74 Å². The maximum Gasteiger partial charge on any atom is 0.0587 e. The Kier molecular flexibility index (Phi) is 7.09. The first-order valence-corrected chi connectivity index (χ1v) is 7.15. The predicted molar refractivity (Wildman–Crippen MR) is 73.5 cm³/mol. The van der Waals surface area contributed by atoms with E-state index < -0.39 is 0 Å². The molecule has 1 heterocycles. The molecule has 0 aromatic heterocycles. The molecule has 1 unspecified atom stereocenters. The Balaban J connectivity index is 1.84.